The van der Waals surface area contributed by atoms with Gasteiger partial charge in [0.1, 0.15) is 0 Å². The van der Waals surface area contributed by atoms with Crippen LogP contribution in [0.2, 0.25) is 0 Å². The predicted octanol–water partition coefficient (Wildman–Crippen LogP) is 4.21. The number of benzene rings is 2. The molecule has 140 valence electrons. The quantitative estimate of drug-likeness (QED) is 0.717. The Labute approximate surface area is 150 Å². The zero-order valence-electron chi connectivity index (χ0n) is 14.3. The van der Waals surface area contributed by atoms with E-state index in [9.17, 15) is 23.1 Å². The zero-order chi connectivity index (χ0) is 19.2. The monoisotopic (exact) mass is 366 g/mol. The molecule has 0 aliphatic rings. The standard InChI is InChI=1S/C19H21F3N2O2/c1-18(26,12-11-14-7-3-2-4-8-14)13-23-17(25)24-16-10-6-5-9-15(16)19(20,21)22/h2-10,26H,11-13H2,1H3,(H2,23,24,25). The van der Waals surface area contributed by atoms with Crippen LogP contribution in [0.3, 0.4) is 0 Å². The molecule has 2 amide bonds. The molecule has 0 aliphatic heterocycles. The van der Waals surface area contributed by atoms with E-state index in [1.807, 2.05) is 30.3 Å². The summed E-state index contributed by atoms with van der Waals surface area (Å²) in [6.45, 7) is 1.49. The van der Waals surface area contributed by atoms with Crippen molar-refractivity contribution < 1.29 is 23.1 Å². The first kappa shape index (κ1) is 19.8. The summed E-state index contributed by atoms with van der Waals surface area (Å²) in [5.74, 6) is 0. The van der Waals surface area contributed by atoms with E-state index < -0.39 is 23.4 Å². The Morgan fingerprint density at radius 3 is 2.31 bits per heavy atom. The number of aliphatic hydroxyl groups is 1. The van der Waals surface area contributed by atoms with Gasteiger partial charge in [0.05, 0.1) is 16.9 Å². The smallest absolute Gasteiger partial charge is 0.388 e. The number of carbonyl (C=O) groups excluding carboxylic acids is 1. The normalized spacial score (nSPS) is 13.7. The maximum absolute atomic E-state index is 12.9. The molecule has 1 atom stereocenters. The number of urea groups is 1. The van der Waals surface area contributed by atoms with Crippen molar-refractivity contribution >= 4 is 11.7 Å². The highest BCUT2D eigenvalue weighted by molar-refractivity contribution is 5.90. The topological polar surface area (TPSA) is 61.4 Å². The molecule has 2 aromatic carbocycles. The van der Waals surface area contributed by atoms with Crippen LogP contribution in [0.15, 0.2) is 54.6 Å². The average molecular weight is 366 g/mol. The molecule has 0 saturated heterocycles. The van der Waals surface area contributed by atoms with E-state index >= 15 is 0 Å². The third-order valence-electron chi connectivity index (χ3n) is 3.91. The van der Waals surface area contributed by atoms with Crippen LogP contribution in [0.4, 0.5) is 23.7 Å². The summed E-state index contributed by atoms with van der Waals surface area (Å²) in [7, 11) is 0. The molecule has 4 nitrogen and oxygen atoms in total. The third-order valence-corrected chi connectivity index (χ3v) is 3.91. The number of halogens is 3. The van der Waals surface area contributed by atoms with Gasteiger partial charge in [0.25, 0.3) is 0 Å². The van der Waals surface area contributed by atoms with Crippen molar-refractivity contribution in [3.63, 3.8) is 0 Å². The SMILES string of the molecule is CC(O)(CCc1ccccc1)CNC(=O)Nc1ccccc1C(F)(F)F. The molecule has 2 rings (SSSR count). The molecule has 0 bridgehead atoms. The van der Waals surface area contributed by atoms with Crippen molar-refractivity contribution in [1.82, 2.24) is 5.32 Å². The van der Waals surface area contributed by atoms with Crippen LogP contribution < -0.4 is 10.6 Å². The molecular weight excluding hydrogens is 345 g/mol. The van der Waals surface area contributed by atoms with Gasteiger partial charge in [0.2, 0.25) is 0 Å². The Morgan fingerprint density at radius 2 is 1.65 bits per heavy atom. The van der Waals surface area contributed by atoms with E-state index in [0.717, 1.165) is 11.6 Å². The van der Waals surface area contributed by atoms with Gasteiger partial charge in [-0.1, -0.05) is 42.5 Å². The number of alkyl halides is 3. The molecule has 2 aromatic rings. The van der Waals surface area contributed by atoms with Gasteiger partial charge in [-0.15, -0.1) is 0 Å². The lowest BCUT2D eigenvalue weighted by Gasteiger charge is -2.24. The van der Waals surface area contributed by atoms with Crippen LogP contribution in [0.5, 0.6) is 0 Å². The largest absolute Gasteiger partial charge is 0.418 e. The molecule has 7 heteroatoms. The van der Waals surface area contributed by atoms with Crippen molar-refractivity contribution in [3.05, 3.63) is 65.7 Å². The molecule has 0 aromatic heterocycles. The molecule has 0 fully saturated rings. The first-order chi connectivity index (χ1) is 12.2. The van der Waals surface area contributed by atoms with Crippen LogP contribution in [-0.4, -0.2) is 23.3 Å². The van der Waals surface area contributed by atoms with Gasteiger partial charge in [0.15, 0.2) is 0 Å². The molecule has 1 unspecified atom stereocenters. The number of hydrogen-bond donors (Lipinski definition) is 3. The summed E-state index contributed by atoms with van der Waals surface area (Å²) < 4.78 is 38.8. The van der Waals surface area contributed by atoms with E-state index in [-0.39, 0.29) is 12.2 Å². The zero-order valence-corrected chi connectivity index (χ0v) is 14.3. The summed E-state index contributed by atoms with van der Waals surface area (Å²) >= 11 is 0. The van der Waals surface area contributed by atoms with Crippen molar-refractivity contribution in [2.24, 2.45) is 0 Å². The molecule has 0 aliphatic carbocycles. The van der Waals surface area contributed by atoms with Crippen molar-refractivity contribution in [3.8, 4) is 0 Å². The number of amides is 2. The van der Waals surface area contributed by atoms with Gasteiger partial charge in [0, 0.05) is 6.54 Å². The average Bonchev–Trinajstić information content (AvgIpc) is 2.59. The lowest BCUT2D eigenvalue weighted by molar-refractivity contribution is -0.136. The fourth-order valence-electron chi connectivity index (χ4n) is 2.42. The van der Waals surface area contributed by atoms with Crippen LogP contribution >= 0.6 is 0 Å². The van der Waals surface area contributed by atoms with E-state index in [0.29, 0.717) is 12.8 Å². The first-order valence-electron chi connectivity index (χ1n) is 8.15. The van der Waals surface area contributed by atoms with Crippen molar-refractivity contribution in [2.45, 2.75) is 31.5 Å². The summed E-state index contributed by atoms with van der Waals surface area (Å²) in [6, 6.07) is 13.5. The number of hydrogen-bond acceptors (Lipinski definition) is 2. The van der Waals surface area contributed by atoms with Gasteiger partial charge in [-0.2, -0.15) is 13.2 Å². The predicted molar refractivity (Wildman–Crippen MR) is 93.9 cm³/mol. The summed E-state index contributed by atoms with van der Waals surface area (Å²) in [5, 5.41) is 15.0. The fraction of sp³-hybridized carbons (Fsp3) is 0.316. The van der Waals surface area contributed by atoms with E-state index in [2.05, 4.69) is 10.6 Å². The van der Waals surface area contributed by atoms with Crippen LogP contribution in [0.25, 0.3) is 0 Å². The van der Waals surface area contributed by atoms with Crippen LogP contribution in [-0.2, 0) is 12.6 Å². The second kappa shape index (κ2) is 8.23. The Balaban J connectivity index is 1.88. The highest BCUT2D eigenvalue weighted by atomic mass is 19.4. The second-order valence-corrected chi connectivity index (χ2v) is 6.33. The van der Waals surface area contributed by atoms with E-state index in [1.54, 1.807) is 6.92 Å². The maximum atomic E-state index is 12.9. The number of rotatable bonds is 6. The molecule has 0 spiro atoms. The van der Waals surface area contributed by atoms with Crippen molar-refractivity contribution in [1.29, 1.82) is 0 Å². The highest BCUT2D eigenvalue weighted by Gasteiger charge is 2.33. The minimum Gasteiger partial charge on any atom is -0.388 e. The molecule has 0 radical (unpaired) electrons. The van der Waals surface area contributed by atoms with Crippen LogP contribution in [0, 0.1) is 0 Å². The van der Waals surface area contributed by atoms with E-state index in [1.165, 1.54) is 18.2 Å². The molecule has 3 N–H and O–H groups in total. The first-order valence-corrected chi connectivity index (χ1v) is 8.15. The summed E-state index contributed by atoms with van der Waals surface area (Å²) in [6.07, 6.45) is -3.55. The molecular formula is C19H21F3N2O2. The Hall–Kier alpha value is -2.54. The molecule has 0 saturated carbocycles. The maximum Gasteiger partial charge on any atom is 0.418 e. The minimum atomic E-state index is -4.56. The summed E-state index contributed by atoms with van der Waals surface area (Å²) in [5.41, 5.74) is -1.39. The summed E-state index contributed by atoms with van der Waals surface area (Å²) in [4.78, 5) is 11.9. The highest BCUT2D eigenvalue weighted by Crippen LogP contribution is 2.34. The Morgan fingerprint density at radius 1 is 1.04 bits per heavy atom. The van der Waals surface area contributed by atoms with Gasteiger partial charge in [-0.25, -0.2) is 4.79 Å². The van der Waals surface area contributed by atoms with Crippen molar-refractivity contribution in [2.75, 3.05) is 11.9 Å². The molecule has 26 heavy (non-hydrogen) atoms. The molecule has 0 heterocycles. The minimum absolute atomic E-state index is 0.0835. The van der Waals surface area contributed by atoms with Gasteiger partial charge in [-0.3, -0.25) is 0 Å². The number of aryl methyl sites for hydroxylation is 1. The number of carbonyl (C=O) groups is 1. The number of para-hydroxylation sites is 1. The van der Waals surface area contributed by atoms with Gasteiger partial charge in [-0.05, 0) is 37.5 Å². The lowest BCUT2D eigenvalue weighted by atomic mass is 9.97. The lowest BCUT2D eigenvalue weighted by Crippen LogP contribution is -2.42. The van der Waals surface area contributed by atoms with E-state index in [4.69, 9.17) is 0 Å². The Bertz CT molecular complexity index is 731. The van der Waals surface area contributed by atoms with Crippen LogP contribution in [0.1, 0.15) is 24.5 Å². The second-order valence-electron chi connectivity index (χ2n) is 6.33. The van der Waals surface area contributed by atoms with Gasteiger partial charge < -0.3 is 15.7 Å². The number of anilines is 1. The van der Waals surface area contributed by atoms with Gasteiger partial charge >= 0.3 is 12.2 Å². The fourth-order valence-corrected chi connectivity index (χ4v) is 2.42. The third kappa shape index (κ3) is 6.07. The Kier molecular flexibility index (Phi) is 6.26. The number of nitrogens with one attached hydrogen (secondary N) is 2.